The van der Waals surface area contributed by atoms with Crippen molar-refractivity contribution >= 4 is 23.0 Å². The number of hydrogen-bond donors (Lipinski definition) is 2. The van der Waals surface area contributed by atoms with Crippen LogP contribution in [0.15, 0.2) is 48.5 Å². The van der Waals surface area contributed by atoms with Gasteiger partial charge in [-0.05, 0) is 49.6 Å². The first kappa shape index (κ1) is 16.4. The molecule has 116 valence electrons. The van der Waals surface area contributed by atoms with E-state index in [1.807, 2.05) is 26.2 Å². The highest BCUT2D eigenvalue weighted by Gasteiger charge is 2.05. The molecule has 2 N–H and O–H groups in total. The van der Waals surface area contributed by atoms with Gasteiger partial charge in [-0.1, -0.05) is 36.4 Å². The molecule has 2 aromatic rings. The van der Waals surface area contributed by atoms with Crippen LogP contribution in [-0.4, -0.2) is 24.1 Å². The zero-order valence-electron chi connectivity index (χ0n) is 12.8. The quantitative estimate of drug-likeness (QED) is 0.827. The number of thiocarbonyl (C=S) groups is 1. The van der Waals surface area contributed by atoms with Gasteiger partial charge in [-0.3, -0.25) is 0 Å². The maximum absolute atomic E-state index is 13.6. The zero-order chi connectivity index (χ0) is 15.9. The van der Waals surface area contributed by atoms with E-state index in [9.17, 15) is 4.39 Å². The summed E-state index contributed by atoms with van der Waals surface area (Å²) in [6.07, 6.45) is 0. The third-order valence-corrected chi connectivity index (χ3v) is 3.41. The van der Waals surface area contributed by atoms with Gasteiger partial charge in [-0.25, -0.2) is 4.39 Å². The van der Waals surface area contributed by atoms with E-state index >= 15 is 0 Å². The van der Waals surface area contributed by atoms with Gasteiger partial charge in [0.15, 0.2) is 5.11 Å². The minimum Gasteiger partial charge on any atom is -0.358 e. The Kier molecular flexibility index (Phi) is 5.86. The molecule has 3 nitrogen and oxygen atoms in total. The van der Waals surface area contributed by atoms with Gasteiger partial charge in [0.05, 0.1) is 5.69 Å². The van der Waals surface area contributed by atoms with Crippen molar-refractivity contribution in [2.45, 2.75) is 13.1 Å². The van der Waals surface area contributed by atoms with Crippen LogP contribution in [0.3, 0.4) is 0 Å². The molecular formula is C17H20FN3S. The third kappa shape index (κ3) is 4.79. The number of anilines is 1. The minimum atomic E-state index is -0.320. The highest BCUT2D eigenvalue weighted by Crippen LogP contribution is 2.13. The van der Waals surface area contributed by atoms with Crippen LogP contribution in [0.5, 0.6) is 0 Å². The number of halogens is 1. The summed E-state index contributed by atoms with van der Waals surface area (Å²) in [6, 6.07) is 14.7. The smallest absolute Gasteiger partial charge is 0.171 e. The Morgan fingerprint density at radius 3 is 2.36 bits per heavy atom. The van der Waals surface area contributed by atoms with Crippen molar-refractivity contribution in [3.05, 3.63) is 65.5 Å². The van der Waals surface area contributed by atoms with E-state index in [1.165, 1.54) is 17.2 Å². The molecule has 0 radical (unpaired) electrons. The SMILES string of the molecule is CN(C)Cc1ccccc1CNC(=S)Nc1ccccc1F. The summed E-state index contributed by atoms with van der Waals surface area (Å²) in [5, 5.41) is 6.41. The van der Waals surface area contributed by atoms with Crippen molar-refractivity contribution in [1.82, 2.24) is 10.2 Å². The van der Waals surface area contributed by atoms with Crippen LogP contribution >= 0.6 is 12.2 Å². The minimum absolute atomic E-state index is 0.320. The summed E-state index contributed by atoms with van der Waals surface area (Å²) in [5.41, 5.74) is 2.80. The Bertz CT molecular complexity index is 643. The fraction of sp³-hybridized carbons (Fsp3) is 0.235. The van der Waals surface area contributed by atoms with Crippen molar-refractivity contribution in [1.29, 1.82) is 0 Å². The zero-order valence-corrected chi connectivity index (χ0v) is 13.6. The van der Waals surface area contributed by atoms with E-state index < -0.39 is 0 Å². The largest absolute Gasteiger partial charge is 0.358 e. The van der Waals surface area contributed by atoms with Gasteiger partial charge < -0.3 is 15.5 Å². The highest BCUT2D eigenvalue weighted by molar-refractivity contribution is 7.80. The number of hydrogen-bond acceptors (Lipinski definition) is 2. The van der Waals surface area contributed by atoms with Crippen LogP contribution < -0.4 is 10.6 Å². The number of rotatable bonds is 5. The van der Waals surface area contributed by atoms with Crippen molar-refractivity contribution in [2.75, 3.05) is 19.4 Å². The fourth-order valence-electron chi connectivity index (χ4n) is 2.13. The summed E-state index contributed by atoms with van der Waals surface area (Å²) >= 11 is 5.23. The third-order valence-electron chi connectivity index (χ3n) is 3.17. The monoisotopic (exact) mass is 317 g/mol. The first-order valence-electron chi connectivity index (χ1n) is 7.07. The number of benzene rings is 2. The lowest BCUT2D eigenvalue weighted by atomic mass is 10.1. The Labute approximate surface area is 136 Å². The second-order valence-electron chi connectivity index (χ2n) is 5.29. The van der Waals surface area contributed by atoms with Gasteiger partial charge in [-0.15, -0.1) is 0 Å². The lowest BCUT2D eigenvalue weighted by molar-refractivity contribution is 0.401. The van der Waals surface area contributed by atoms with Gasteiger partial charge in [-0.2, -0.15) is 0 Å². The van der Waals surface area contributed by atoms with Crippen molar-refractivity contribution < 1.29 is 4.39 Å². The van der Waals surface area contributed by atoms with Crippen molar-refractivity contribution in [3.8, 4) is 0 Å². The average Bonchev–Trinajstić information content (AvgIpc) is 2.48. The lowest BCUT2D eigenvalue weighted by Gasteiger charge is -2.16. The molecule has 0 aliphatic carbocycles. The molecule has 0 saturated carbocycles. The number of para-hydroxylation sites is 1. The number of nitrogens with zero attached hydrogens (tertiary/aromatic N) is 1. The van der Waals surface area contributed by atoms with Crippen LogP contribution in [0, 0.1) is 5.82 Å². The summed E-state index contributed by atoms with van der Waals surface area (Å²) < 4.78 is 13.6. The molecule has 0 fully saturated rings. The summed E-state index contributed by atoms with van der Waals surface area (Å²) in [4.78, 5) is 2.12. The van der Waals surface area contributed by atoms with E-state index in [4.69, 9.17) is 12.2 Å². The normalized spacial score (nSPS) is 10.5. The first-order valence-corrected chi connectivity index (χ1v) is 7.48. The summed E-state index contributed by atoms with van der Waals surface area (Å²) in [5.74, 6) is -0.320. The molecule has 0 unspecified atom stereocenters. The maximum atomic E-state index is 13.6. The van der Waals surface area contributed by atoms with E-state index in [2.05, 4.69) is 27.7 Å². The summed E-state index contributed by atoms with van der Waals surface area (Å²) in [6.45, 7) is 1.47. The maximum Gasteiger partial charge on any atom is 0.171 e. The molecule has 0 aliphatic rings. The van der Waals surface area contributed by atoms with Gasteiger partial charge in [0, 0.05) is 13.1 Å². The summed E-state index contributed by atoms with van der Waals surface area (Å²) in [7, 11) is 4.07. The standard InChI is InChI=1S/C17H20FN3S/c1-21(2)12-14-8-4-3-7-13(14)11-19-17(22)20-16-10-6-5-9-15(16)18/h3-10H,11-12H2,1-2H3,(H2,19,20,22). The van der Waals surface area contributed by atoms with Crippen LogP contribution in [0.25, 0.3) is 0 Å². The molecule has 0 spiro atoms. The van der Waals surface area contributed by atoms with Gasteiger partial charge in [0.2, 0.25) is 0 Å². The van der Waals surface area contributed by atoms with E-state index in [1.54, 1.807) is 18.2 Å². The first-order chi connectivity index (χ1) is 10.6. The Hall–Kier alpha value is -1.98. The molecule has 0 saturated heterocycles. The Morgan fingerprint density at radius 2 is 1.68 bits per heavy atom. The number of nitrogens with one attached hydrogen (secondary N) is 2. The molecule has 2 rings (SSSR count). The molecule has 2 aromatic carbocycles. The van der Waals surface area contributed by atoms with Gasteiger partial charge in [0.25, 0.3) is 0 Å². The average molecular weight is 317 g/mol. The molecule has 0 aliphatic heterocycles. The van der Waals surface area contributed by atoms with E-state index in [0.717, 1.165) is 6.54 Å². The molecule has 5 heteroatoms. The molecule has 0 heterocycles. The molecular weight excluding hydrogens is 297 g/mol. The highest BCUT2D eigenvalue weighted by atomic mass is 32.1. The molecule has 0 bridgehead atoms. The molecule has 0 aromatic heterocycles. The van der Waals surface area contributed by atoms with Crippen LogP contribution in [0.4, 0.5) is 10.1 Å². The lowest BCUT2D eigenvalue weighted by Crippen LogP contribution is -2.29. The van der Waals surface area contributed by atoms with Gasteiger partial charge in [0.1, 0.15) is 5.82 Å². The van der Waals surface area contributed by atoms with Crippen LogP contribution in [0.2, 0.25) is 0 Å². The van der Waals surface area contributed by atoms with Crippen molar-refractivity contribution in [3.63, 3.8) is 0 Å². The predicted molar refractivity (Wildman–Crippen MR) is 93.3 cm³/mol. The predicted octanol–water partition coefficient (Wildman–Crippen LogP) is 3.37. The van der Waals surface area contributed by atoms with Crippen LogP contribution in [0.1, 0.15) is 11.1 Å². The van der Waals surface area contributed by atoms with Crippen molar-refractivity contribution in [2.24, 2.45) is 0 Å². The molecule has 0 amide bonds. The second-order valence-corrected chi connectivity index (χ2v) is 5.70. The Morgan fingerprint density at radius 1 is 1.05 bits per heavy atom. The van der Waals surface area contributed by atoms with E-state index in [-0.39, 0.29) is 5.82 Å². The topological polar surface area (TPSA) is 27.3 Å². The van der Waals surface area contributed by atoms with Gasteiger partial charge >= 0.3 is 0 Å². The Balaban J connectivity index is 1.95. The fourth-order valence-corrected chi connectivity index (χ4v) is 2.31. The second kappa shape index (κ2) is 7.87. The molecule has 22 heavy (non-hydrogen) atoms. The van der Waals surface area contributed by atoms with E-state index in [0.29, 0.717) is 17.3 Å². The van der Waals surface area contributed by atoms with Crippen LogP contribution in [-0.2, 0) is 13.1 Å². The molecule has 0 atom stereocenters.